The Morgan fingerprint density at radius 2 is 1.05 bits per heavy atom. The first-order valence-corrected chi connectivity index (χ1v) is 19.4. The molecule has 4 nitrogen and oxygen atoms in total. The van der Waals surface area contributed by atoms with E-state index in [9.17, 15) is 0 Å². The van der Waals surface area contributed by atoms with Gasteiger partial charge in [0, 0.05) is 38.6 Å². The molecule has 1 aliphatic heterocycles. The second kappa shape index (κ2) is 13.7. The molecular weight excluding hydrogens is 695 g/mol. The summed E-state index contributed by atoms with van der Waals surface area (Å²) in [6, 6.07) is 61.6. The molecule has 2 aromatic heterocycles. The molecule has 0 radical (unpaired) electrons. The Kier molecular flexibility index (Phi) is 7.92. The second-order valence-electron chi connectivity index (χ2n) is 14.7. The van der Waals surface area contributed by atoms with E-state index in [1.165, 1.54) is 22.1 Å². The third-order valence-corrected chi connectivity index (χ3v) is 11.3. The molecular formula is C53H35N3O. The van der Waals surface area contributed by atoms with E-state index in [0.717, 1.165) is 84.7 Å². The number of benzene rings is 7. The van der Waals surface area contributed by atoms with E-state index >= 15 is 0 Å². The summed E-state index contributed by atoms with van der Waals surface area (Å²) in [5, 5.41) is 3.50. The normalized spacial score (nSPS) is 14.2. The van der Waals surface area contributed by atoms with E-state index in [1.54, 1.807) is 0 Å². The summed E-state index contributed by atoms with van der Waals surface area (Å²) in [6.07, 6.45) is 7.35. The number of hydrogen-bond donors (Lipinski definition) is 0. The van der Waals surface area contributed by atoms with E-state index in [0.29, 0.717) is 5.82 Å². The number of pyridine rings is 1. The van der Waals surface area contributed by atoms with Gasteiger partial charge in [-0.05, 0) is 52.3 Å². The third kappa shape index (κ3) is 5.90. The molecule has 57 heavy (non-hydrogen) atoms. The lowest BCUT2D eigenvalue weighted by atomic mass is 9.88. The maximum absolute atomic E-state index is 6.67. The molecule has 0 saturated heterocycles. The lowest BCUT2D eigenvalue weighted by Gasteiger charge is -2.15. The minimum absolute atomic E-state index is 0.183. The van der Waals surface area contributed by atoms with Crippen molar-refractivity contribution in [2.45, 2.75) is 12.3 Å². The number of ether oxygens (including phenoxy) is 1. The number of aromatic nitrogens is 3. The molecule has 0 spiro atoms. The molecule has 4 heteroatoms. The van der Waals surface area contributed by atoms with Crippen LogP contribution in [0.25, 0.3) is 89.1 Å². The molecule has 3 heterocycles. The van der Waals surface area contributed by atoms with E-state index in [2.05, 4.69) is 170 Å². The first-order valence-electron chi connectivity index (χ1n) is 19.4. The Hall–Kier alpha value is -7.43. The molecule has 2 aliphatic rings. The fourth-order valence-corrected chi connectivity index (χ4v) is 8.35. The summed E-state index contributed by atoms with van der Waals surface area (Å²) in [5.74, 6) is 2.73. The summed E-state index contributed by atoms with van der Waals surface area (Å²) in [7, 11) is 0. The van der Waals surface area contributed by atoms with Crippen LogP contribution in [0.1, 0.15) is 17.9 Å². The van der Waals surface area contributed by atoms with Crippen molar-refractivity contribution in [3.63, 3.8) is 0 Å². The molecule has 268 valence electrons. The van der Waals surface area contributed by atoms with Gasteiger partial charge in [-0.3, -0.25) is 0 Å². The van der Waals surface area contributed by atoms with Gasteiger partial charge in [-0.25, -0.2) is 15.0 Å². The Bertz CT molecular complexity index is 3040. The molecule has 9 aromatic rings. The van der Waals surface area contributed by atoms with Gasteiger partial charge in [0.15, 0.2) is 11.6 Å². The van der Waals surface area contributed by atoms with Gasteiger partial charge in [-0.1, -0.05) is 176 Å². The van der Waals surface area contributed by atoms with Crippen molar-refractivity contribution >= 4 is 21.7 Å². The zero-order chi connectivity index (χ0) is 37.7. The highest BCUT2D eigenvalue weighted by Gasteiger charge is 2.35. The van der Waals surface area contributed by atoms with Crippen molar-refractivity contribution in [3.05, 3.63) is 205 Å². The molecule has 0 N–H and O–H groups in total. The summed E-state index contributed by atoms with van der Waals surface area (Å²) < 4.78 is 6.67. The quantitative estimate of drug-likeness (QED) is 0.160. The number of nitrogens with zero attached hydrogens (tertiary/aromatic N) is 3. The van der Waals surface area contributed by atoms with E-state index in [1.807, 2.05) is 24.3 Å². The van der Waals surface area contributed by atoms with Gasteiger partial charge in [0.05, 0.1) is 22.8 Å². The Morgan fingerprint density at radius 3 is 1.82 bits per heavy atom. The van der Waals surface area contributed by atoms with Crippen molar-refractivity contribution in [3.8, 4) is 73.2 Å². The molecule has 0 amide bonds. The van der Waals surface area contributed by atoms with Crippen LogP contribution in [0.3, 0.4) is 0 Å². The predicted octanol–water partition coefficient (Wildman–Crippen LogP) is 13.5. The van der Waals surface area contributed by atoms with Crippen molar-refractivity contribution in [2.75, 3.05) is 0 Å². The van der Waals surface area contributed by atoms with Gasteiger partial charge in [0.2, 0.25) is 0 Å². The standard InChI is InChI=1S/C53H35N3O/c1-3-12-34(13-4-1)35-22-26-39(27-23-35)47-33-46(38-15-5-2-6-16-38)54-53(55-47)40-28-24-36(25-29-40)41-17-11-18-42(32-41)50-52-49(44-20-9-10-21-48(44)57-52)45-31-30-37-14-7-8-19-43(37)51(45)56-50/h1-19,21-33,44H,20H2. The number of allylic oxidation sites excluding steroid dienone is 4. The molecule has 1 aliphatic carbocycles. The summed E-state index contributed by atoms with van der Waals surface area (Å²) in [4.78, 5) is 15.6. The molecule has 1 unspecified atom stereocenters. The van der Waals surface area contributed by atoms with Gasteiger partial charge in [0.25, 0.3) is 0 Å². The minimum atomic E-state index is 0.183. The zero-order valence-corrected chi connectivity index (χ0v) is 31.0. The summed E-state index contributed by atoms with van der Waals surface area (Å²) in [6.45, 7) is 0. The lowest BCUT2D eigenvalue weighted by Crippen LogP contribution is -2.00. The molecule has 0 bridgehead atoms. The first-order chi connectivity index (χ1) is 28.2. The summed E-state index contributed by atoms with van der Waals surface area (Å²) >= 11 is 0. The largest absolute Gasteiger partial charge is 0.458 e. The first kappa shape index (κ1) is 33.0. The highest BCUT2D eigenvalue weighted by molar-refractivity contribution is 6.08. The molecule has 1 atom stereocenters. The molecule has 0 saturated carbocycles. The van der Waals surface area contributed by atoms with Crippen LogP contribution in [-0.4, -0.2) is 15.0 Å². The van der Waals surface area contributed by atoms with Crippen LogP contribution in [0.4, 0.5) is 0 Å². The van der Waals surface area contributed by atoms with E-state index < -0.39 is 0 Å². The van der Waals surface area contributed by atoms with Gasteiger partial charge in [-0.15, -0.1) is 0 Å². The van der Waals surface area contributed by atoms with Crippen LogP contribution in [-0.2, 0) is 0 Å². The van der Waals surface area contributed by atoms with Crippen molar-refractivity contribution in [2.24, 2.45) is 0 Å². The molecule has 0 fully saturated rings. The van der Waals surface area contributed by atoms with Gasteiger partial charge in [0.1, 0.15) is 11.5 Å². The fourth-order valence-electron chi connectivity index (χ4n) is 8.35. The zero-order valence-electron chi connectivity index (χ0n) is 31.0. The molecule has 11 rings (SSSR count). The van der Waals surface area contributed by atoms with E-state index in [4.69, 9.17) is 19.7 Å². The summed E-state index contributed by atoms with van der Waals surface area (Å²) in [5.41, 5.74) is 13.5. The van der Waals surface area contributed by atoms with Crippen molar-refractivity contribution in [1.29, 1.82) is 0 Å². The van der Waals surface area contributed by atoms with E-state index in [-0.39, 0.29) is 5.92 Å². The highest BCUT2D eigenvalue weighted by atomic mass is 16.5. The fraction of sp³-hybridized carbons (Fsp3) is 0.0377. The Balaban J connectivity index is 0.973. The predicted molar refractivity (Wildman–Crippen MR) is 233 cm³/mol. The Morgan fingerprint density at radius 1 is 0.456 bits per heavy atom. The van der Waals surface area contributed by atoms with Crippen LogP contribution < -0.4 is 4.74 Å². The monoisotopic (exact) mass is 729 g/mol. The van der Waals surface area contributed by atoms with Crippen LogP contribution in [0.5, 0.6) is 5.75 Å². The SMILES string of the molecule is C1=CCC2C(=C1)Oc1c(-c3cccc(-c4ccc(-c5nc(-c6ccccc6)cc(-c6ccc(-c7ccccc7)cc6)n5)cc4)c3)nc3c(ccc4ccccc43)c12. The molecule has 7 aromatic carbocycles. The average molecular weight is 730 g/mol. The van der Waals surface area contributed by atoms with Crippen LogP contribution in [0.2, 0.25) is 0 Å². The van der Waals surface area contributed by atoms with Crippen LogP contribution >= 0.6 is 0 Å². The lowest BCUT2D eigenvalue weighted by molar-refractivity contribution is 0.425. The Labute approximate surface area is 331 Å². The minimum Gasteiger partial charge on any atom is -0.458 e. The van der Waals surface area contributed by atoms with Gasteiger partial charge in [-0.2, -0.15) is 0 Å². The number of hydrogen-bond acceptors (Lipinski definition) is 4. The average Bonchev–Trinajstić information content (AvgIpc) is 3.69. The maximum atomic E-state index is 6.67. The van der Waals surface area contributed by atoms with Crippen molar-refractivity contribution in [1.82, 2.24) is 15.0 Å². The topological polar surface area (TPSA) is 47.9 Å². The maximum Gasteiger partial charge on any atom is 0.160 e. The van der Waals surface area contributed by atoms with Gasteiger partial charge < -0.3 is 4.74 Å². The number of fused-ring (bicyclic) bond motifs is 7. The number of rotatable bonds is 6. The van der Waals surface area contributed by atoms with Crippen molar-refractivity contribution < 1.29 is 4.74 Å². The van der Waals surface area contributed by atoms with Crippen LogP contribution in [0.15, 0.2) is 200 Å². The third-order valence-electron chi connectivity index (χ3n) is 11.3. The van der Waals surface area contributed by atoms with Crippen LogP contribution in [0, 0.1) is 0 Å². The second-order valence-corrected chi connectivity index (χ2v) is 14.7. The highest BCUT2D eigenvalue weighted by Crippen LogP contribution is 2.52. The smallest absolute Gasteiger partial charge is 0.160 e. The van der Waals surface area contributed by atoms with Gasteiger partial charge >= 0.3 is 0 Å².